The van der Waals surface area contributed by atoms with Crippen molar-refractivity contribution in [2.24, 2.45) is 17.2 Å². The summed E-state index contributed by atoms with van der Waals surface area (Å²) in [6.07, 6.45) is -2.39. The predicted molar refractivity (Wildman–Crippen MR) is 121 cm³/mol. The van der Waals surface area contributed by atoms with Crippen LogP contribution in [0.1, 0.15) is 24.8 Å². The summed E-state index contributed by atoms with van der Waals surface area (Å²) >= 11 is 0. The lowest BCUT2D eigenvalue weighted by molar-refractivity contribution is -0.142. The van der Waals surface area contributed by atoms with Gasteiger partial charge in [-0.15, -0.1) is 0 Å². The second-order valence-corrected chi connectivity index (χ2v) is 7.76. The number of hydrogen-bond acceptors (Lipinski definition) is 8. The van der Waals surface area contributed by atoms with Crippen LogP contribution in [0.3, 0.4) is 0 Å². The number of carbonyl (C=O) groups excluding carboxylic acids is 5. The molecule has 0 aromatic heterocycles. The maximum Gasteiger partial charge on any atom is 0.326 e. The van der Waals surface area contributed by atoms with Crippen LogP contribution in [0.15, 0.2) is 30.3 Å². The molecule has 15 heteroatoms. The second-order valence-electron chi connectivity index (χ2n) is 7.76. The maximum atomic E-state index is 12.8. The summed E-state index contributed by atoms with van der Waals surface area (Å²) in [7, 11) is 0. The predicted octanol–water partition coefficient (Wildman–Crippen LogP) is -3.68. The van der Waals surface area contributed by atoms with Gasteiger partial charge in [-0.2, -0.15) is 0 Å². The number of nitrogens with one attached hydrogen (secondary N) is 3. The summed E-state index contributed by atoms with van der Waals surface area (Å²) in [5.74, 6) is -8.16. The zero-order chi connectivity index (χ0) is 27.4. The number of carboxylic acid groups (broad SMARTS) is 2. The normalized spacial score (nSPS) is 13.8. The standard InChI is InChI=1S/C21H28N6O9/c22-11(7-17(30)31)18(32)25-12(8-15(23)28)19(33)26-13(9-16(24)29)20(34)27-14(21(35)36)6-10-4-2-1-3-5-10/h1-5,11-14H,6-9,22H2,(H2,23,28)(H2,24,29)(H,25,32)(H,26,33)(H,27,34)(H,30,31)(H,35,36). The lowest BCUT2D eigenvalue weighted by Crippen LogP contribution is -2.58. The molecule has 0 heterocycles. The third-order valence-corrected chi connectivity index (χ3v) is 4.71. The molecular weight excluding hydrogens is 480 g/mol. The Morgan fingerprint density at radius 3 is 1.56 bits per heavy atom. The van der Waals surface area contributed by atoms with E-state index in [2.05, 4.69) is 16.0 Å². The molecule has 1 aromatic rings. The number of carboxylic acids is 2. The molecular formula is C21H28N6O9. The van der Waals surface area contributed by atoms with Gasteiger partial charge in [0.2, 0.25) is 29.5 Å². The van der Waals surface area contributed by atoms with Crippen LogP contribution in [0.4, 0.5) is 0 Å². The Kier molecular flexibility index (Phi) is 11.5. The van der Waals surface area contributed by atoms with Crippen LogP contribution in [0.5, 0.6) is 0 Å². The molecule has 0 saturated carbocycles. The van der Waals surface area contributed by atoms with E-state index in [0.717, 1.165) is 0 Å². The molecule has 15 nitrogen and oxygen atoms in total. The van der Waals surface area contributed by atoms with Gasteiger partial charge in [0.15, 0.2) is 0 Å². The van der Waals surface area contributed by atoms with Crippen LogP contribution >= 0.6 is 0 Å². The fourth-order valence-corrected chi connectivity index (χ4v) is 2.98. The third-order valence-electron chi connectivity index (χ3n) is 4.71. The average Bonchev–Trinajstić information content (AvgIpc) is 2.77. The molecule has 11 N–H and O–H groups in total. The van der Waals surface area contributed by atoms with E-state index in [-0.39, 0.29) is 6.42 Å². The number of benzene rings is 1. The minimum atomic E-state index is -1.68. The fourth-order valence-electron chi connectivity index (χ4n) is 2.98. The van der Waals surface area contributed by atoms with Gasteiger partial charge in [0.25, 0.3) is 0 Å². The molecule has 0 radical (unpaired) electrons. The summed E-state index contributed by atoms with van der Waals surface area (Å²) in [6.45, 7) is 0. The second kappa shape index (κ2) is 14.0. The third kappa shape index (κ3) is 10.6. The molecule has 0 aliphatic carbocycles. The minimum absolute atomic E-state index is 0.110. The van der Waals surface area contributed by atoms with E-state index in [1.807, 2.05) is 0 Å². The summed E-state index contributed by atoms with van der Waals surface area (Å²) < 4.78 is 0. The molecule has 196 valence electrons. The highest BCUT2D eigenvalue weighted by molar-refractivity contribution is 5.98. The van der Waals surface area contributed by atoms with E-state index in [0.29, 0.717) is 5.56 Å². The Balaban J connectivity index is 3.02. The van der Waals surface area contributed by atoms with E-state index in [1.54, 1.807) is 30.3 Å². The van der Waals surface area contributed by atoms with Crippen molar-refractivity contribution in [3.8, 4) is 0 Å². The molecule has 36 heavy (non-hydrogen) atoms. The van der Waals surface area contributed by atoms with E-state index in [4.69, 9.17) is 22.3 Å². The van der Waals surface area contributed by atoms with Gasteiger partial charge in [-0.05, 0) is 5.56 Å². The van der Waals surface area contributed by atoms with Crippen LogP contribution in [0.25, 0.3) is 0 Å². The molecule has 0 spiro atoms. The summed E-state index contributed by atoms with van der Waals surface area (Å²) in [4.78, 5) is 82.9. The van der Waals surface area contributed by atoms with Gasteiger partial charge in [-0.3, -0.25) is 28.8 Å². The SMILES string of the molecule is NC(=O)CC(NC(=O)C(N)CC(=O)O)C(=O)NC(CC(N)=O)C(=O)NC(Cc1ccccc1)C(=O)O. The average molecular weight is 508 g/mol. The number of nitrogens with two attached hydrogens (primary N) is 3. The van der Waals surface area contributed by atoms with Crippen molar-refractivity contribution < 1.29 is 43.8 Å². The lowest BCUT2D eigenvalue weighted by Gasteiger charge is -2.24. The number of aliphatic carboxylic acids is 2. The Morgan fingerprint density at radius 1 is 0.694 bits per heavy atom. The molecule has 5 amide bonds. The Hall–Kier alpha value is -4.53. The highest BCUT2D eigenvalue weighted by Gasteiger charge is 2.32. The van der Waals surface area contributed by atoms with Gasteiger partial charge < -0.3 is 43.4 Å². The zero-order valence-corrected chi connectivity index (χ0v) is 19.0. The Labute approximate surface area is 204 Å². The molecule has 0 aliphatic rings. The fraction of sp³-hybridized carbons (Fsp3) is 0.381. The van der Waals surface area contributed by atoms with Crippen molar-refractivity contribution in [1.82, 2.24) is 16.0 Å². The van der Waals surface area contributed by atoms with Gasteiger partial charge in [-0.1, -0.05) is 30.3 Å². The molecule has 0 bridgehead atoms. The van der Waals surface area contributed by atoms with E-state index >= 15 is 0 Å². The highest BCUT2D eigenvalue weighted by atomic mass is 16.4. The first-order chi connectivity index (χ1) is 16.8. The lowest BCUT2D eigenvalue weighted by atomic mass is 10.0. The van der Waals surface area contributed by atoms with Gasteiger partial charge in [0.05, 0.1) is 25.3 Å². The molecule has 1 rings (SSSR count). The van der Waals surface area contributed by atoms with Crippen molar-refractivity contribution >= 4 is 41.5 Å². The van der Waals surface area contributed by atoms with E-state index in [1.165, 1.54) is 0 Å². The van der Waals surface area contributed by atoms with E-state index < -0.39 is 84.9 Å². The van der Waals surface area contributed by atoms with Crippen molar-refractivity contribution in [3.63, 3.8) is 0 Å². The van der Waals surface area contributed by atoms with Crippen LogP contribution in [-0.2, 0) is 40.0 Å². The smallest absolute Gasteiger partial charge is 0.326 e. The van der Waals surface area contributed by atoms with Crippen molar-refractivity contribution in [3.05, 3.63) is 35.9 Å². The molecule has 4 atom stereocenters. The van der Waals surface area contributed by atoms with Crippen LogP contribution in [0, 0.1) is 0 Å². The molecule has 0 fully saturated rings. The molecule has 0 aliphatic heterocycles. The topological polar surface area (TPSA) is 274 Å². The summed E-state index contributed by atoms with van der Waals surface area (Å²) in [6, 6.07) is 1.97. The van der Waals surface area contributed by atoms with Crippen molar-refractivity contribution in [2.75, 3.05) is 0 Å². The monoisotopic (exact) mass is 508 g/mol. The molecule has 4 unspecified atom stereocenters. The van der Waals surface area contributed by atoms with Crippen LogP contribution in [-0.4, -0.2) is 75.9 Å². The Morgan fingerprint density at radius 2 is 1.14 bits per heavy atom. The number of rotatable bonds is 15. The summed E-state index contributed by atoms with van der Waals surface area (Å²) in [5, 5.41) is 24.6. The number of hydrogen-bond donors (Lipinski definition) is 8. The zero-order valence-electron chi connectivity index (χ0n) is 19.0. The van der Waals surface area contributed by atoms with Crippen molar-refractivity contribution in [2.45, 2.75) is 49.9 Å². The van der Waals surface area contributed by atoms with Crippen LogP contribution < -0.4 is 33.2 Å². The van der Waals surface area contributed by atoms with Gasteiger partial charge in [0, 0.05) is 6.42 Å². The number of primary amides is 2. The quantitative estimate of drug-likeness (QED) is 0.115. The summed E-state index contributed by atoms with van der Waals surface area (Å²) in [5.41, 5.74) is 16.3. The molecule has 0 saturated heterocycles. The van der Waals surface area contributed by atoms with Gasteiger partial charge >= 0.3 is 11.9 Å². The van der Waals surface area contributed by atoms with Crippen molar-refractivity contribution in [1.29, 1.82) is 0 Å². The minimum Gasteiger partial charge on any atom is -0.481 e. The highest BCUT2D eigenvalue weighted by Crippen LogP contribution is 2.05. The first kappa shape index (κ1) is 29.5. The number of carbonyl (C=O) groups is 7. The number of amides is 5. The van der Waals surface area contributed by atoms with E-state index in [9.17, 15) is 38.7 Å². The Bertz CT molecular complexity index is 1000. The first-order valence-electron chi connectivity index (χ1n) is 10.5. The maximum absolute atomic E-state index is 12.8. The van der Waals surface area contributed by atoms with Gasteiger partial charge in [-0.25, -0.2) is 4.79 Å². The molecule has 1 aromatic carbocycles. The largest absolute Gasteiger partial charge is 0.481 e. The van der Waals surface area contributed by atoms with Gasteiger partial charge in [0.1, 0.15) is 18.1 Å². The van der Waals surface area contributed by atoms with Crippen LogP contribution in [0.2, 0.25) is 0 Å². The first-order valence-corrected chi connectivity index (χ1v) is 10.5.